The summed E-state index contributed by atoms with van der Waals surface area (Å²) in [6.45, 7) is 3.78. The van der Waals surface area contributed by atoms with E-state index in [1.54, 1.807) is 0 Å². The van der Waals surface area contributed by atoms with Gasteiger partial charge in [0, 0.05) is 18.2 Å². The summed E-state index contributed by atoms with van der Waals surface area (Å²) in [5.41, 5.74) is -0.721. The van der Waals surface area contributed by atoms with Crippen LogP contribution in [0.4, 0.5) is 5.82 Å². The highest BCUT2D eigenvalue weighted by Gasteiger charge is 2.20. The van der Waals surface area contributed by atoms with E-state index in [1.165, 1.54) is 6.07 Å². The molecule has 3 aromatic rings. The van der Waals surface area contributed by atoms with Gasteiger partial charge in [-0.2, -0.15) is 0 Å². The fourth-order valence-electron chi connectivity index (χ4n) is 2.37. The van der Waals surface area contributed by atoms with Crippen LogP contribution >= 0.6 is 0 Å². The van der Waals surface area contributed by atoms with E-state index in [-0.39, 0.29) is 40.1 Å². The van der Waals surface area contributed by atoms with Crippen molar-refractivity contribution in [2.75, 3.05) is 5.32 Å². The molecule has 120 valence electrons. The number of hydrogen-bond donors (Lipinski definition) is 6. The molecule has 0 unspecified atom stereocenters. The monoisotopic (exact) mass is 317 g/mol. The zero-order chi connectivity index (χ0) is 16.7. The summed E-state index contributed by atoms with van der Waals surface area (Å²) < 4.78 is 0. The first-order valence-electron chi connectivity index (χ1n) is 6.90. The third kappa shape index (κ3) is 2.63. The lowest BCUT2D eigenvalue weighted by Gasteiger charge is -2.09. The Labute approximate surface area is 129 Å². The van der Waals surface area contributed by atoms with Gasteiger partial charge in [-0.05, 0) is 13.8 Å². The SMILES string of the molecule is CC(C)Nc1cc(=O)[nH]c(-c2c(O)[nH]c3[nH]c(=O)cc(O)c23)n1. The molecule has 0 aliphatic carbocycles. The predicted octanol–water partition coefficient (Wildman–Crippen LogP) is 0.838. The highest BCUT2D eigenvalue weighted by molar-refractivity contribution is 5.99. The minimum atomic E-state index is -0.528. The molecule has 0 aromatic carbocycles. The lowest BCUT2D eigenvalue weighted by Crippen LogP contribution is -2.16. The van der Waals surface area contributed by atoms with Crippen molar-refractivity contribution in [2.45, 2.75) is 19.9 Å². The third-order valence-corrected chi connectivity index (χ3v) is 3.17. The van der Waals surface area contributed by atoms with Crippen LogP contribution < -0.4 is 16.4 Å². The minimum absolute atomic E-state index is 0.0541. The van der Waals surface area contributed by atoms with Crippen LogP contribution in [0.1, 0.15) is 13.8 Å². The van der Waals surface area contributed by atoms with Crippen molar-refractivity contribution < 1.29 is 10.2 Å². The van der Waals surface area contributed by atoms with Gasteiger partial charge < -0.3 is 30.5 Å². The van der Waals surface area contributed by atoms with Crippen LogP contribution in [0.15, 0.2) is 21.7 Å². The molecule has 0 radical (unpaired) electrons. The van der Waals surface area contributed by atoms with Crippen LogP contribution in [0, 0.1) is 0 Å². The summed E-state index contributed by atoms with van der Waals surface area (Å²) in [6, 6.07) is 2.32. The second kappa shape index (κ2) is 5.20. The van der Waals surface area contributed by atoms with Crippen molar-refractivity contribution >= 4 is 16.9 Å². The van der Waals surface area contributed by atoms with Gasteiger partial charge in [-0.25, -0.2) is 4.98 Å². The molecule has 0 saturated carbocycles. The van der Waals surface area contributed by atoms with Crippen molar-refractivity contribution in [1.29, 1.82) is 0 Å². The Kier molecular flexibility index (Phi) is 3.32. The molecule has 3 heterocycles. The van der Waals surface area contributed by atoms with Gasteiger partial charge in [-0.1, -0.05) is 0 Å². The number of nitrogens with zero attached hydrogens (tertiary/aromatic N) is 1. The Morgan fingerprint density at radius 3 is 2.48 bits per heavy atom. The number of anilines is 1. The minimum Gasteiger partial charge on any atom is -0.507 e. The van der Waals surface area contributed by atoms with Crippen molar-refractivity contribution in [1.82, 2.24) is 19.9 Å². The smallest absolute Gasteiger partial charge is 0.253 e. The summed E-state index contributed by atoms with van der Waals surface area (Å²) in [5, 5.41) is 23.3. The van der Waals surface area contributed by atoms with Crippen LogP contribution in [-0.2, 0) is 0 Å². The van der Waals surface area contributed by atoms with Gasteiger partial charge in [0.2, 0.25) is 5.88 Å². The van der Waals surface area contributed by atoms with Crippen molar-refractivity contribution in [3.05, 3.63) is 32.8 Å². The Morgan fingerprint density at radius 2 is 1.78 bits per heavy atom. The van der Waals surface area contributed by atoms with Crippen LogP contribution in [0.2, 0.25) is 0 Å². The topological polar surface area (TPSA) is 147 Å². The molecule has 0 aliphatic heterocycles. The predicted molar refractivity (Wildman–Crippen MR) is 84.9 cm³/mol. The molecule has 0 atom stereocenters. The summed E-state index contributed by atoms with van der Waals surface area (Å²) in [5.74, 6) is -0.273. The van der Waals surface area contributed by atoms with Gasteiger partial charge in [0.25, 0.3) is 11.1 Å². The summed E-state index contributed by atoms with van der Waals surface area (Å²) in [7, 11) is 0. The molecule has 0 fully saturated rings. The molecule has 0 amide bonds. The van der Waals surface area contributed by atoms with Gasteiger partial charge >= 0.3 is 0 Å². The molecule has 0 saturated heterocycles. The highest BCUT2D eigenvalue weighted by Crippen LogP contribution is 2.37. The molecule has 0 spiro atoms. The maximum absolute atomic E-state index is 11.8. The number of aromatic nitrogens is 4. The van der Waals surface area contributed by atoms with Gasteiger partial charge in [0.05, 0.1) is 10.9 Å². The summed E-state index contributed by atoms with van der Waals surface area (Å²) in [6.07, 6.45) is 0. The molecular formula is C14H15N5O4. The number of aromatic hydroxyl groups is 2. The van der Waals surface area contributed by atoms with E-state index in [9.17, 15) is 19.8 Å². The van der Waals surface area contributed by atoms with Gasteiger partial charge in [-0.15, -0.1) is 0 Å². The number of nitrogens with one attached hydrogen (secondary N) is 4. The van der Waals surface area contributed by atoms with Gasteiger partial charge in [0.1, 0.15) is 23.0 Å². The molecule has 0 aliphatic rings. The highest BCUT2D eigenvalue weighted by atomic mass is 16.3. The van der Waals surface area contributed by atoms with Crippen molar-refractivity contribution in [2.24, 2.45) is 0 Å². The number of fused-ring (bicyclic) bond motifs is 1. The van der Waals surface area contributed by atoms with E-state index in [0.717, 1.165) is 6.07 Å². The lowest BCUT2D eigenvalue weighted by molar-refractivity contribution is 0.459. The molecule has 9 heteroatoms. The van der Waals surface area contributed by atoms with E-state index in [0.29, 0.717) is 5.82 Å². The van der Waals surface area contributed by atoms with Crippen molar-refractivity contribution in [3.63, 3.8) is 0 Å². The summed E-state index contributed by atoms with van der Waals surface area (Å²) >= 11 is 0. The van der Waals surface area contributed by atoms with Crippen LogP contribution in [0.5, 0.6) is 11.6 Å². The van der Waals surface area contributed by atoms with Gasteiger partial charge in [0.15, 0.2) is 0 Å². The maximum atomic E-state index is 11.8. The Balaban J connectivity index is 2.29. The molecular weight excluding hydrogens is 302 g/mol. The average molecular weight is 317 g/mol. The Bertz CT molecular complexity index is 999. The third-order valence-electron chi connectivity index (χ3n) is 3.17. The number of pyridine rings is 1. The first-order chi connectivity index (χ1) is 10.8. The van der Waals surface area contributed by atoms with Crippen LogP contribution in [-0.4, -0.2) is 36.2 Å². The Hall–Kier alpha value is -3.23. The van der Waals surface area contributed by atoms with E-state index >= 15 is 0 Å². The fourth-order valence-corrected chi connectivity index (χ4v) is 2.37. The number of H-pyrrole nitrogens is 3. The van der Waals surface area contributed by atoms with E-state index < -0.39 is 11.1 Å². The van der Waals surface area contributed by atoms with Crippen molar-refractivity contribution in [3.8, 4) is 23.0 Å². The zero-order valence-corrected chi connectivity index (χ0v) is 12.4. The van der Waals surface area contributed by atoms with E-state index in [4.69, 9.17) is 0 Å². The first-order valence-corrected chi connectivity index (χ1v) is 6.90. The first kappa shape index (κ1) is 14.7. The summed E-state index contributed by atoms with van der Waals surface area (Å²) in [4.78, 5) is 35.0. The second-order valence-corrected chi connectivity index (χ2v) is 5.40. The quantitative estimate of drug-likeness (QED) is 0.422. The second-order valence-electron chi connectivity index (χ2n) is 5.40. The molecule has 9 nitrogen and oxygen atoms in total. The zero-order valence-electron chi connectivity index (χ0n) is 12.4. The fraction of sp³-hybridized carbons (Fsp3) is 0.214. The number of aromatic amines is 3. The normalized spacial score (nSPS) is 11.3. The number of hydrogen-bond acceptors (Lipinski definition) is 6. The maximum Gasteiger partial charge on any atom is 0.253 e. The molecule has 3 rings (SSSR count). The number of rotatable bonds is 3. The standard InChI is InChI=1S/C14H15N5O4/c1-5(2)15-7-4-9(22)18-13(16-7)11-10-6(20)3-8(21)17-12(10)19-14(11)23/h3-5,23H,1-2H3,(H2,15,16,18,22)(H3,17,19,20,21). The van der Waals surface area contributed by atoms with Gasteiger partial charge in [-0.3, -0.25) is 9.59 Å². The molecule has 0 bridgehead atoms. The van der Waals surface area contributed by atoms with E-state index in [2.05, 4.69) is 25.3 Å². The molecule has 23 heavy (non-hydrogen) atoms. The van der Waals surface area contributed by atoms with Crippen LogP contribution in [0.25, 0.3) is 22.4 Å². The largest absolute Gasteiger partial charge is 0.507 e. The Morgan fingerprint density at radius 1 is 1.09 bits per heavy atom. The van der Waals surface area contributed by atoms with E-state index in [1.807, 2.05) is 13.8 Å². The molecule has 3 aromatic heterocycles. The average Bonchev–Trinajstić information content (AvgIpc) is 2.73. The lowest BCUT2D eigenvalue weighted by atomic mass is 10.2. The van der Waals surface area contributed by atoms with Crippen LogP contribution in [0.3, 0.4) is 0 Å². The molecule has 6 N–H and O–H groups in total.